The summed E-state index contributed by atoms with van der Waals surface area (Å²) in [6.45, 7) is 6.59. The molecule has 1 atom stereocenters. The molecule has 0 radical (unpaired) electrons. The summed E-state index contributed by atoms with van der Waals surface area (Å²) in [4.78, 5) is 27.6. The van der Waals surface area contributed by atoms with Gasteiger partial charge in [0.15, 0.2) is 0 Å². The summed E-state index contributed by atoms with van der Waals surface area (Å²) in [6.07, 6.45) is 3.05. The number of sulfonamides is 1. The minimum Gasteiger partial charge on any atom is -0.352 e. The fourth-order valence-electron chi connectivity index (χ4n) is 3.66. The highest BCUT2D eigenvalue weighted by Crippen LogP contribution is 2.39. The highest BCUT2D eigenvalue weighted by atomic mass is 32.2. The number of fused-ring (bicyclic) bond motifs is 1. The Morgan fingerprint density at radius 1 is 1.24 bits per heavy atom. The minimum absolute atomic E-state index is 0.0387. The Labute approximate surface area is 177 Å². The van der Waals surface area contributed by atoms with E-state index in [0.717, 1.165) is 24.2 Å². The van der Waals surface area contributed by atoms with Gasteiger partial charge in [0, 0.05) is 35.7 Å². The molecule has 1 saturated heterocycles. The average molecular weight is 440 g/mol. The number of nitrogens with one attached hydrogen (secondary N) is 1. The lowest BCUT2D eigenvalue weighted by molar-refractivity contribution is -0.124. The maximum atomic E-state index is 13.1. The summed E-state index contributed by atoms with van der Waals surface area (Å²) in [5, 5.41) is 2.85. The van der Waals surface area contributed by atoms with E-state index in [1.807, 2.05) is 20.8 Å². The zero-order valence-electron chi connectivity index (χ0n) is 17.2. The number of hydrogen-bond donors (Lipinski definition) is 1. The van der Waals surface area contributed by atoms with E-state index in [4.69, 9.17) is 0 Å². The van der Waals surface area contributed by atoms with Crippen LogP contribution >= 0.6 is 11.8 Å². The molecule has 0 bridgehead atoms. The summed E-state index contributed by atoms with van der Waals surface area (Å²) in [6, 6.07) is 4.90. The van der Waals surface area contributed by atoms with E-state index in [-0.39, 0.29) is 34.5 Å². The van der Waals surface area contributed by atoms with Crippen molar-refractivity contribution in [1.29, 1.82) is 0 Å². The molecule has 160 valence electrons. The van der Waals surface area contributed by atoms with Crippen LogP contribution in [0.25, 0.3) is 0 Å². The summed E-state index contributed by atoms with van der Waals surface area (Å²) in [5.74, 6) is -0.432. The van der Waals surface area contributed by atoms with Crippen molar-refractivity contribution >= 4 is 39.3 Å². The Kier molecular flexibility index (Phi) is 6.90. The molecule has 2 aliphatic rings. The number of carbonyl (C=O) groups excluding carboxylic acids is 2. The van der Waals surface area contributed by atoms with Gasteiger partial charge in [0.05, 0.1) is 10.6 Å². The number of rotatable bonds is 5. The Morgan fingerprint density at radius 2 is 1.93 bits per heavy atom. The summed E-state index contributed by atoms with van der Waals surface area (Å²) in [7, 11) is -3.62. The van der Waals surface area contributed by atoms with E-state index in [1.54, 1.807) is 18.2 Å². The average Bonchev–Trinajstić information content (AvgIpc) is 2.77. The molecule has 1 N–H and O–H groups in total. The van der Waals surface area contributed by atoms with Crippen molar-refractivity contribution in [1.82, 2.24) is 9.62 Å². The lowest BCUT2D eigenvalue weighted by Gasteiger charge is -2.27. The molecule has 1 aromatic carbocycles. The third kappa shape index (κ3) is 5.13. The molecule has 2 amide bonds. The van der Waals surface area contributed by atoms with Gasteiger partial charge in [-0.25, -0.2) is 8.42 Å². The van der Waals surface area contributed by atoms with Crippen LogP contribution in [0.15, 0.2) is 28.0 Å². The first-order chi connectivity index (χ1) is 13.7. The number of hydrogen-bond acceptors (Lipinski definition) is 5. The van der Waals surface area contributed by atoms with Gasteiger partial charge >= 0.3 is 0 Å². The molecule has 1 aromatic rings. The van der Waals surface area contributed by atoms with Crippen LogP contribution < -0.4 is 10.2 Å². The topological polar surface area (TPSA) is 86.8 Å². The van der Waals surface area contributed by atoms with Crippen molar-refractivity contribution in [3.05, 3.63) is 18.2 Å². The van der Waals surface area contributed by atoms with Crippen LogP contribution in [0.3, 0.4) is 0 Å². The quantitative estimate of drug-likeness (QED) is 0.762. The maximum Gasteiger partial charge on any atom is 0.243 e. The first-order valence-corrected chi connectivity index (χ1v) is 12.4. The largest absolute Gasteiger partial charge is 0.352 e. The molecule has 0 aromatic heterocycles. The fraction of sp³-hybridized carbons (Fsp3) is 0.600. The molecule has 2 heterocycles. The number of anilines is 1. The van der Waals surface area contributed by atoms with Crippen LogP contribution in [-0.2, 0) is 19.6 Å². The van der Waals surface area contributed by atoms with Crippen LogP contribution in [0.1, 0.15) is 46.5 Å². The molecule has 3 rings (SSSR count). The second-order valence-corrected chi connectivity index (χ2v) is 11.3. The number of thioether (sulfide) groups is 1. The van der Waals surface area contributed by atoms with Crippen LogP contribution in [0.5, 0.6) is 0 Å². The first-order valence-electron chi connectivity index (χ1n) is 10.1. The molecular formula is C20H29N3O4S2. The zero-order valence-corrected chi connectivity index (χ0v) is 18.8. The van der Waals surface area contributed by atoms with Crippen molar-refractivity contribution in [2.75, 3.05) is 24.5 Å². The highest BCUT2D eigenvalue weighted by Gasteiger charge is 2.31. The smallest absolute Gasteiger partial charge is 0.243 e. The van der Waals surface area contributed by atoms with Gasteiger partial charge in [-0.1, -0.05) is 13.3 Å². The molecule has 7 nitrogen and oxygen atoms in total. The minimum atomic E-state index is -3.62. The van der Waals surface area contributed by atoms with Crippen LogP contribution in [0, 0.1) is 0 Å². The number of benzene rings is 1. The SMILES string of the molecule is CC(C)NC(=O)CN1C(=O)CC(C)Sc2ccc(S(=O)(=O)N3CCCCC3)cc21. The Balaban J connectivity index is 1.98. The predicted octanol–water partition coefficient (Wildman–Crippen LogP) is 2.60. The standard InChI is InChI=1S/C20H29N3O4S2/c1-14(2)21-19(24)13-23-17-12-16(29(26,27)22-9-5-4-6-10-22)7-8-18(17)28-15(3)11-20(23)25/h7-8,12,14-15H,4-6,9-11,13H2,1-3H3,(H,21,24). The fourth-order valence-corrected chi connectivity index (χ4v) is 6.29. The molecule has 1 fully saturated rings. The second kappa shape index (κ2) is 9.06. The van der Waals surface area contributed by atoms with Crippen molar-refractivity contribution < 1.29 is 18.0 Å². The summed E-state index contributed by atoms with van der Waals surface area (Å²) >= 11 is 1.53. The second-order valence-electron chi connectivity index (χ2n) is 7.93. The van der Waals surface area contributed by atoms with Crippen molar-refractivity contribution in [2.45, 2.75) is 67.5 Å². The van der Waals surface area contributed by atoms with E-state index in [1.165, 1.54) is 21.0 Å². The molecule has 2 aliphatic heterocycles. The molecule has 0 aliphatic carbocycles. The third-order valence-electron chi connectivity index (χ3n) is 5.02. The van der Waals surface area contributed by atoms with Crippen molar-refractivity contribution in [3.8, 4) is 0 Å². The summed E-state index contributed by atoms with van der Waals surface area (Å²) < 4.78 is 27.7. The molecular weight excluding hydrogens is 410 g/mol. The number of carbonyl (C=O) groups is 2. The van der Waals surface area contributed by atoms with E-state index in [9.17, 15) is 18.0 Å². The van der Waals surface area contributed by atoms with Crippen LogP contribution in [-0.4, -0.2) is 55.5 Å². The van der Waals surface area contributed by atoms with E-state index in [2.05, 4.69) is 5.32 Å². The van der Waals surface area contributed by atoms with Gasteiger partial charge in [0.25, 0.3) is 0 Å². The molecule has 9 heteroatoms. The summed E-state index contributed by atoms with van der Waals surface area (Å²) in [5.41, 5.74) is 0.501. The number of nitrogens with zero attached hydrogens (tertiary/aromatic N) is 2. The first kappa shape index (κ1) is 22.1. The molecule has 29 heavy (non-hydrogen) atoms. The van der Waals surface area contributed by atoms with E-state index < -0.39 is 10.0 Å². The van der Waals surface area contributed by atoms with Gasteiger partial charge in [0.2, 0.25) is 21.8 Å². The van der Waals surface area contributed by atoms with Gasteiger partial charge < -0.3 is 10.2 Å². The van der Waals surface area contributed by atoms with Gasteiger partial charge in [0.1, 0.15) is 6.54 Å². The van der Waals surface area contributed by atoms with E-state index >= 15 is 0 Å². The highest BCUT2D eigenvalue weighted by molar-refractivity contribution is 8.00. The van der Waals surface area contributed by atoms with Crippen LogP contribution in [0.2, 0.25) is 0 Å². The van der Waals surface area contributed by atoms with Crippen molar-refractivity contribution in [2.24, 2.45) is 0 Å². The van der Waals surface area contributed by atoms with E-state index in [0.29, 0.717) is 25.2 Å². The van der Waals surface area contributed by atoms with Gasteiger partial charge in [-0.2, -0.15) is 4.31 Å². The van der Waals surface area contributed by atoms with Crippen LogP contribution in [0.4, 0.5) is 5.69 Å². The predicted molar refractivity (Wildman–Crippen MR) is 115 cm³/mol. The van der Waals surface area contributed by atoms with Gasteiger partial charge in [-0.15, -0.1) is 11.8 Å². The normalized spacial score (nSPS) is 21.0. The molecule has 0 spiro atoms. The third-order valence-corrected chi connectivity index (χ3v) is 8.08. The number of piperidine rings is 1. The monoisotopic (exact) mass is 439 g/mol. The number of amides is 2. The Morgan fingerprint density at radius 3 is 2.59 bits per heavy atom. The Bertz CT molecular complexity index is 880. The zero-order chi connectivity index (χ0) is 21.2. The maximum absolute atomic E-state index is 13.1. The lowest BCUT2D eigenvalue weighted by atomic mass is 10.2. The van der Waals surface area contributed by atoms with Gasteiger partial charge in [-0.3, -0.25) is 9.59 Å². The molecule has 1 unspecified atom stereocenters. The van der Waals surface area contributed by atoms with Crippen molar-refractivity contribution in [3.63, 3.8) is 0 Å². The molecule has 0 saturated carbocycles. The lowest BCUT2D eigenvalue weighted by Crippen LogP contribution is -2.43. The van der Waals surface area contributed by atoms with Gasteiger partial charge in [-0.05, 0) is 44.9 Å². The Hall–Kier alpha value is -1.58.